The highest BCUT2D eigenvalue weighted by Gasteiger charge is 2.28. The van der Waals surface area contributed by atoms with Gasteiger partial charge in [0, 0.05) is 32.2 Å². The lowest BCUT2D eigenvalue weighted by Crippen LogP contribution is -2.48. The van der Waals surface area contributed by atoms with Crippen LogP contribution < -0.4 is 20.9 Å². The van der Waals surface area contributed by atoms with Gasteiger partial charge in [-0.1, -0.05) is 5.92 Å². The molecule has 1 N–H and O–H groups in total. The Hall–Kier alpha value is -3.54. The molecular formula is C24H26FN7O4S2. The molecule has 1 atom stereocenters. The Labute approximate surface area is 221 Å². The molecule has 1 aliphatic rings. The molecule has 0 amide bonds. The smallest absolute Gasteiger partial charge is 0.332 e. The number of benzene rings is 1. The Morgan fingerprint density at radius 1 is 1.24 bits per heavy atom. The number of aryl methyl sites for hydroxylation is 1. The van der Waals surface area contributed by atoms with Crippen molar-refractivity contribution in [1.82, 2.24) is 28.4 Å². The number of imidazole rings is 1. The monoisotopic (exact) mass is 559 g/mol. The number of thiazole rings is 1. The zero-order valence-electron chi connectivity index (χ0n) is 21.1. The molecule has 1 aliphatic heterocycles. The van der Waals surface area contributed by atoms with Gasteiger partial charge in [0.15, 0.2) is 11.2 Å². The third-order valence-electron chi connectivity index (χ3n) is 6.40. The number of hydrogen-bond donors (Lipinski definition) is 1. The summed E-state index contributed by atoms with van der Waals surface area (Å²) in [6.45, 7) is 2.74. The highest BCUT2D eigenvalue weighted by atomic mass is 32.2. The van der Waals surface area contributed by atoms with E-state index in [9.17, 15) is 22.4 Å². The van der Waals surface area contributed by atoms with Crippen LogP contribution >= 0.6 is 11.3 Å². The average Bonchev–Trinajstić information content (AvgIpc) is 3.44. The Morgan fingerprint density at radius 2 is 2.03 bits per heavy atom. The molecular weight excluding hydrogens is 533 g/mol. The SMILES string of the molecule is CC#CCn1c(N2CCC[C@@H](NS(C)(=O)=O)C2)nc2c1c(=O)n(Cc1nc3cc(F)ccc3s1)c(=O)n2C. The molecule has 11 nitrogen and oxygen atoms in total. The molecule has 0 saturated carbocycles. The summed E-state index contributed by atoms with van der Waals surface area (Å²) in [5.74, 6) is 5.85. The zero-order chi connectivity index (χ0) is 27.2. The Kier molecular flexibility index (Phi) is 6.84. The van der Waals surface area contributed by atoms with E-state index in [1.807, 2.05) is 4.90 Å². The van der Waals surface area contributed by atoms with Crippen LogP contribution in [0.2, 0.25) is 0 Å². The number of sulfonamides is 1. The molecule has 3 aromatic heterocycles. The third kappa shape index (κ3) is 4.96. The van der Waals surface area contributed by atoms with Gasteiger partial charge in [0.25, 0.3) is 5.56 Å². The van der Waals surface area contributed by atoms with Crippen LogP contribution in [0.15, 0.2) is 27.8 Å². The van der Waals surface area contributed by atoms with Crippen molar-refractivity contribution in [2.24, 2.45) is 7.05 Å². The van der Waals surface area contributed by atoms with E-state index < -0.39 is 27.1 Å². The van der Waals surface area contributed by atoms with E-state index >= 15 is 0 Å². The number of nitrogens with one attached hydrogen (secondary N) is 1. The van der Waals surface area contributed by atoms with Crippen LogP contribution in [0.5, 0.6) is 0 Å². The topological polar surface area (TPSA) is 124 Å². The van der Waals surface area contributed by atoms with E-state index in [0.717, 1.165) is 21.9 Å². The van der Waals surface area contributed by atoms with Crippen LogP contribution in [-0.4, -0.2) is 57.5 Å². The van der Waals surface area contributed by atoms with Gasteiger partial charge in [-0.05, 0) is 31.9 Å². The van der Waals surface area contributed by atoms with E-state index in [4.69, 9.17) is 0 Å². The zero-order valence-corrected chi connectivity index (χ0v) is 22.7. The van der Waals surface area contributed by atoms with Gasteiger partial charge >= 0.3 is 5.69 Å². The molecule has 5 rings (SSSR count). The van der Waals surface area contributed by atoms with Crippen molar-refractivity contribution in [1.29, 1.82) is 0 Å². The maximum atomic E-state index is 13.8. The first-order chi connectivity index (χ1) is 18.1. The lowest BCUT2D eigenvalue weighted by molar-refractivity contribution is 0.460. The lowest BCUT2D eigenvalue weighted by atomic mass is 10.1. The molecule has 0 bridgehead atoms. The normalized spacial score (nSPS) is 16.2. The lowest BCUT2D eigenvalue weighted by Gasteiger charge is -2.33. The number of rotatable bonds is 6. The standard InChI is InChI=1S/C24H26FN7O4S2/c1-4-5-11-31-20-21(27-23(31)30-10-6-7-16(13-30)28-38(3,35)36)29(2)24(34)32(22(20)33)14-19-26-17-12-15(25)8-9-18(17)37-19/h8-9,12,16,28H,6-7,10-11,13-14H2,1-3H3/t16-/m1/s1. The fourth-order valence-corrected chi connectivity index (χ4v) is 6.49. The minimum Gasteiger partial charge on any atom is -0.341 e. The average molecular weight is 560 g/mol. The first kappa shape index (κ1) is 26.1. The highest BCUT2D eigenvalue weighted by Crippen LogP contribution is 2.25. The van der Waals surface area contributed by atoms with E-state index in [1.165, 1.54) is 28.0 Å². The van der Waals surface area contributed by atoms with Crippen molar-refractivity contribution in [3.05, 3.63) is 49.9 Å². The van der Waals surface area contributed by atoms with E-state index in [2.05, 4.69) is 26.5 Å². The molecule has 0 spiro atoms. The molecule has 4 heterocycles. The second-order valence-electron chi connectivity index (χ2n) is 9.22. The van der Waals surface area contributed by atoms with Crippen molar-refractivity contribution in [2.45, 2.75) is 38.9 Å². The molecule has 0 unspecified atom stereocenters. The summed E-state index contributed by atoms with van der Waals surface area (Å²) in [7, 11) is -1.85. The minimum atomic E-state index is -3.40. The van der Waals surface area contributed by atoms with Crippen molar-refractivity contribution >= 4 is 48.7 Å². The van der Waals surface area contributed by atoms with E-state index in [-0.39, 0.29) is 30.3 Å². The van der Waals surface area contributed by atoms with Crippen LogP contribution in [-0.2, 0) is 30.2 Å². The maximum absolute atomic E-state index is 13.8. The van der Waals surface area contributed by atoms with Gasteiger partial charge in [-0.25, -0.2) is 27.3 Å². The van der Waals surface area contributed by atoms with Gasteiger partial charge in [0.05, 0.1) is 29.6 Å². The van der Waals surface area contributed by atoms with Gasteiger partial charge in [0.2, 0.25) is 16.0 Å². The van der Waals surface area contributed by atoms with Gasteiger partial charge in [-0.2, -0.15) is 4.98 Å². The summed E-state index contributed by atoms with van der Waals surface area (Å²) in [6.07, 6.45) is 2.52. The van der Waals surface area contributed by atoms with Crippen LogP contribution in [0.1, 0.15) is 24.8 Å². The predicted octanol–water partition coefficient (Wildman–Crippen LogP) is 1.24. The van der Waals surface area contributed by atoms with Crippen molar-refractivity contribution in [2.75, 3.05) is 24.2 Å². The number of hydrogen-bond acceptors (Lipinski definition) is 8. The number of piperidine rings is 1. The molecule has 200 valence electrons. The Bertz CT molecular complexity index is 1840. The van der Waals surface area contributed by atoms with Crippen LogP contribution in [0.3, 0.4) is 0 Å². The van der Waals surface area contributed by atoms with E-state index in [1.54, 1.807) is 24.6 Å². The summed E-state index contributed by atoms with van der Waals surface area (Å²) in [5.41, 5.74) is -0.193. The second-order valence-corrected chi connectivity index (χ2v) is 12.1. The second kappa shape index (κ2) is 9.97. The number of fused-ring (bicyclic) bond motifs is 2. The largest absolute Gasteiger partial charge is 0.341 e. The summed E-state index contributed by atoms with van der Waals surface area (Å²) in [5, 5.41) is 0.495. The van der Waals surface area contributed by atoms with Crippen LogP contribution in [0.25, 0.3) is 21.4 Å². The number of halogens is 1. The van der Waals surface area contributed by atoms with Crippen molar-refractivity contribution in [3.63, 3.8) is 0 Å². The Balaban J connectivity index is 1.62. The number of nitrogens with zero attached hydrogens (tertiary/aromatic N) is 6. The first-order valence-corrected chi connectivity index (χ1v) is 14.6. The molecule has 1 saturated heterocycles. The quantitative estimate of drug-likeness (QED) is 0.353. The molecule has 4 aromatic rings. The maximum Gasteiger partial charge on any atom is 0.332 e. The fourth-order valence-electron chi connectivity index (χ4n) is 4.76. The summed E-state index contributed by atoms with van der Waals surface area (Å²) in [6, 6.07) is 3.96. The van der Waals surface area contributed by atoms with Gasteiger partial charge in [-0.15, -0.1) is 17.3 Å². The highest BCUT2D eigenvalue weighted by molar-refractivity contribution is 7.88. The molecule has 14 heteroatoms. The molecule has 1 fully saturated rings. The fraction of sp³-hybridized carbons (Fsp3) is 0.417. The van der Waals surface area contributed by atoms with Gasteiger partial charge in [0.1, 0.15) is 10.8 Å². The first-order valence-electron chi connectivity index (χ1n) is 11.9. The predicted molar refractivity (Wildman–Crippen MR) is 145 cm³/mol. The molecule has 1 aromatic carbocycles. The number of anilines is 1. The van der Waals surface area contributed by atoms with Crippen molar-refractivity contribution in [3.8, 4) is 11.8 Å². The van der Waals surface area contributed by atoms with Gasteiger partial charge < -0.3 is 4.90 Å². The number of aromatic nitrogens is 5. The van der Waals surface area contributed by atoms with Gasteiger partial charge in [-0.3, -0.25) is 18.5 Å². The van der Waals surface area contributed by atoms with Crippen LogP contribution in [0.4, 0.5) is 10.3 Å². The van der Waals surface area contributed by atoms with Crippen LogP contribution in [0, 0.1) is 17.7 Å². The summed E-state index contributed by atoms with van der Waals surface area (Å²) >= 11 is 1.29. The van der Waals surface area contributed by atoms with Crippen molar-refractivity contribution < 1.29 is 12.8 Å². The third-order valence-corrected chi connectivity index (χ3v) is 8.18. The molecule has 0 aliphatic carbocycles. The molecule has 38 heavy (non-hydrogen) atoms. The van der Waals surface area contributed by atoms with E-state index in [0.29, 0.717) is 36.0 Å². The summed E-state index contributed by atoms with van der Waals surface area (Å²) in [4.78, 5) is 38.0. The Morgan fingerprint density at radius 3 is 2.76 bits per heavy atom. The molecule has 0 radical (unpaired) electrons. The summed E-state index contributed by atoms with van der Waals surface area (Å²) < 4.78 is 44.7. The minimum absolute atomic E-state index is 0.0769.